The van der Waals surface area contributed by atoms with Crippen molar-refractivity contribution in [3.8, 4) is 0 Å². The van der Waals surface area contributed by atoms with E-state index in [4.69, 9.17) is 9.72 Å². The molecule has 2 aliphatic rings. The summed E-state index contributed by atoms with van der Waals surface area (Å²) in [5, 5.41) is 0.916. The number of fused-ring (bicyclic) bond motifs is 3. The molecule has 5 nitrogen and oxygen atoms in total. The van der Waals surface area contributed by atoms with Gasteiger partial charge in [-0.15, -0.1) is 11.3 Å². The van der Waals surface area contributed by atoms with Crippen LogP contribution in [0.1, 0.15) is 48.0 Å². The molecule has 25 heavy (non-hydrogen) atoms. The zero-order valence-electron chi connectivity index (χ0n) is 15.2. The smallest absolute Gasteiger partial charge is 0.262 e. The number of thiophene rings is 1. The molecule has 1 fully saturated rings. The minimum Gasteiger partial charge on any atom is -0.384 e. The van der Waals surface area contributed by atoms with Crippen molar-refractivity contribution in [3.63, 3.8) is 0 Å². The van der Waals surface area contributed by atoms with E-state index in [9.17, 15) is 4.79 Å². The van der Waals surface area contributed by atoms with Crippen molar-refractivity contribution in [2.45, 2.75) is 51.0 Å². The predicted octanol–water partition coefficient (Wildman–Crippen LogP) is 2.79. The lowest BCUT2D eigenvalue weighted by molar-refractivity contribution is 0.191. The van der Waals surface area contributed by atoms with Crippen molar-refractivity contribution in [2.75, 3.05) is 33.9 Å². The van der Waals surface area contributed by atoms with Gasteiger partial charge in [-0.1, -0.05) is 0 Å². The monoisotopic (exact) mass is 361 g/mol. The summed E-state index contributed by atoms with van der Waals surface area (Å²) in [5.74, 6) is 0.910. The molecule has 0 amide bonds. The van der Waals surface area contributed by atoms with Crippen LogP contribution in [0.3, 0.4) is 0 Å². The van der Waals surface area contributed by atoms with E-state index in [2.05, 4.69) is 11.9 Å². The van der Waals surface area contributed by atoms with Crippen LogP contribution in [0.5, 0.6) is 0 Å². The van der Waals surface area contributed by atoms with Crippen molar-refractivity contribution in [1.29, 1.82) is 0 Å². The Balaban J connectivity index is 1.85. The molecule has 1 aliphatic carbocycles. The highest BCUT2D eigenvalue weighted by atomic mass is 32.1. The van der Waals surface area contributed by atoms with Crippen LogP contribution in [0.4, 0.5) is 0 Å². The lowest BCUT2D eigenvalue weighted by Gasteiger charge is -2.31. The maximum absolute atomic E-state index is 13.5. The minimum absolute atomic E-state index is 0.199. The molecule has 0 atom stereocenters. The number of aryl methyl sites for hydroxylation is 2. The normalized spacial score (nSPS) is 19.4. The molecule has 6 heteroatoms. The molecule has 0 N–H and O–H groups in total. The van der Waals surface area contributed by atoms with Gasteiger partial charge in [-0.25, -0.2) is 4.98 Å². The van der Waals surface area contributed by atoms with Gasteiger partial charge in [0.1, 0.15) is 10.7 Å². The number of methoxy groups -OCH3 is 1. The first-order chi connectivity index (χ1) is 12.2. The second kappa shape index (κ2) is 7.17. The molecule has 1 aliphatic heterocycles. The Morgan fingerprint density at radius 1 is 1.24 bits per heavy atom. The maximum atomic E-state index is 13.5. The third-order valence-electron chi connectivity index (χ3n) is 5.68. The Morgan fingerprint density at radius 2 is 2.00 bits per heavy atom. The summed E-state index contributed by atoms with van der Waals surface area (Å²) in [5.41, 5.74) is 1.49. The number of aromatic nitrogens is 2. The first kappa shape index (κ1) is 17.2. The van der Waals surface area contributed by atoms with Crippen molar-refractivity contribution in [2.24, 2.45) is 0 Å². The largest absolute Gasteiger partial charge is 0.384 e. The van der Waals surface area contributed by atoms with E-state index in [1.807, 2.05) is 4.57 Å². The second-order valence-electron chi connectivity index (χ2n) is 7.37. The number of ether oxygens (including phenoxy) is 1. The molecular formula is C19H27N3O2S. The average molecular weight is 362 g/mol. The van der Waals surface area contributed by atoms with Crippen molar-refractivity contribution in [1.82, 2.24) is 14.5 Å². The van der Waals surface area contributed by atoms with Gasteiger partial charge < -0.3 is 9.64 Å². The first-order valence-electron chi connectivity index (χ1n) is 9.42. The van der Waals surface area contributed by atoms with Gasteiger partial charge in [0, 0.05) is 24.4 Å². The van der Waals surface area contributed by atoms with Gasteiger partial charge in [0.05, 0.1) is 12.0 Å². The van der Waals surface area contributed by atoms with Crippen LogP contribution in [0.15, 0.2) is 4.79 Å². The number of rotatable bonds is 4. The van der Waals surface area contributed by atoms with Gasteiger partial charge in [-0.2, -0.15) is 0 Å². The molecular weight excluding hydrogens is 334 g/mol. The number of hydrogen-bond acceptors (Lipinski definition) is 5. The molecule has 0 bridgehead atoms. The van der Waals surface area contributed by atoms with Crippen molar-refractivity contribution < 1.29 is 4.74 Å². The molecule has 0 unspecified atom stereocenters. The highest BCUT2D eigenvalue weighted by Crippen LogP contribution is 2.34. The Bertz CT molecular complexity index is 818. The van der Waals surface area contributed by atoms with Crippen LogP contribution in [0.25, 0.3) is 10.2 Å². The second-order valence-corrected chi connectivity index (χ2v) is 8.46. The summed E-state index contributed by atoms with van der Waals surface area (Å²) in [6.45, 7) is 2.69. The highest BCUT2D eigenvalue weighted by Gasteiger charge is 2.26. The first-order valence-corrected chi connectivity index (χ1v) is 10.2. The van der Waals surface area contributed by atoms with E-state index in [0.717, 1.165) is 54.8 Å². The van der Waals surface area contributed by atoms with Crippen LogP contribution >= 0.6 is 11.3 Å². The van der Waals surface area contributed by atoms with Crippen molar-refractivity contribution in [3.05, 3.63) is 26.6 Å². The van der Waals surface area contributed by atoms with Gasteiger partial charge in [-0.3, -0.25) is 9.36 Å². The standard InChI is InChI=1S/C19H27N3O2S/c1-21-10-7-13(8-11-21)22-16(9-12-24-2)20-18-17(19(22)23)14-5-3-4-6-15(14)25-18/h13H,3-12H2,1-2H3. The Hall–Kier alpha value is -1.24. The Kier molecular flexibility index (Phi) is 4.93. The summed E-state index contributed by atoms with van der Waals surface area (Å²) < 4.78 is 7.30. The fourth-order valence-corrected chi connectivity index (χ4v) is 5.53. The molecule has 1 saturated heterocycles. The highest BCUT2D eigenvalue weighted by molar-refractivity contribution is 7.18. The van der Waals surface area contributed by atoms with Gasteiger partial charge >= 0.3 is 0 Å². The van der Waals surface area contributed by atoms with Crippen LogP contribution in [0, 0.1) is 0 Å². The lowest BCUT2D eigenvalue weighted by Crippen LogP contribution is -2.37. The molecule has 0 aromatic carbocycles. The molecule has 2 aromatic heterocycles. The van der Waals surface area contributed by atoms with E-state index >= 15 is 0 Å². The predicted molar refractivity (Wildman–Crippen MR) is 102 cm³/mol. The van der Waals surface area contributed by atoms with E-state index in [1.54, 1.807) is 18.4 Å². The topological polar surface area (TPSA) is 47.4 Å². The lowest BCUT2D eigenvalue weighted by atomic mass is 9.97. The zero-order valence-corrected chi connectivity index (χ0v) is 16.0. The third-order valence-corrected chi connectivity index (χ3v) is 6.86. The summed E-state index contributed by atoms with van der Waals surface area (Å²) in [6.07, 6.45) is 7.33. The Morgan fingerprint density at radius 3 is 2.76 bits per heavy atom. The van der Waals surface area contributed by atoms with E-state index in [-0.39, 0.29) is 11.6 Å². The van der Waals surface area contributed by atoms with E-state index in [1.165, 1.54) is 23.3 Å². The van der Waals surface area contributed by atoms with Crippen LogP contribution in [-0.4, -0.2) is 48.3 Å². The minimum atomic E-state index is 0.199. The molecule has 2 aromatic rings. The summed E-state index contributed by atoms with van der Waals surface area (Å²) in [7, 11) is 3.86. The summed E-state index contributed by atoms with van der Waals surface area (Å²) >= 11 is 1.74. The van der Waals surface area contributed by atoms with Crippen LogP contribution < -0.4 is 5.56 Å². The summed E-state index contributed by atoms with van der Waals surface area (Å²) in [6, 6.07) is 0.270. The molecule has 0 radical (unpaired) electrons. The van der Waals surface area contributed by atoms with Gasteiger partial charge in [0.15, 0.2) is 0 Å². The van der Waals surface area contributed by atoms with Gasteiger partial charge in [0.25, 0.3) is 5.56 Å². The fraction of sp³-hybridized carbons (Fsp3) is 0.684. The Labute approximate surface area is 152 Å². The van der Waals surface area contributed by atoms with Crippen LogP contribution in [-0.2, 0) is 24.0 Å². The fourth-order valence-electron chi connectivity index (χ4n) is 4.26. The quantitative estimate of drug-likeness (QED) is 0.840. The SMILES string of the molecule is COCCc1nc2sc3c(c2c(=O)n1C1CCN(C)CC1)CCCC3. The zero-order chi connectivity index (χ0) is 17.4. The number of nitrogens with zero attached hydrogens (tertiary/aromatic N) is 3. The van der Waals surface area contributed by atoms with Gasteiger partial charge in [0.2, 0.25) is 0 Å². The third kappa shape index (κ3) is 3.15. The van der Waals surface area contributed by atoms with E-state index in [0.29, 0.717) is 13.0 Å². The number of hydrogen-bond donors (Lipinski definition) is 0. The molecule has 3 heterocycles. The van der Waals surface area contributed by atoms with Gasteiger partial charge in [-0.05, 0) is 64.2 Å². The molecule has 4 rings (SSSR count). The average Bonchev–Trinajstić information content (AvgIpc) is 2.99. The van der Waals surface area contributed by atoms with Crippen molar-refractivity contribution >= 4 is 21.6 Å². The summed E-state index contributed by atoms with van der Waals surface area (Å²) in [4.78, 5) is 23.1. The number of likely N-dealkylation sites (tertiary alicyclic amines) is 1. The molecule has 0 saturated carbocycles. The number of piperidine rings is 1. The molecule has 0 spiro atoms. The maximum Gasteiger partial charge on any atom is 0.262 e. The molecule has 136 valence electrons. The van der Waals surface area contributed by atoms with E-state index < -0.39 is 0 Å². The van der Waals surface area contributed by atoms with Crippen LogP contribution in [0.2, 0.25) is 0 Å².